The van der Waals surface area contributed by atoms with Crippen LogP contribution in [0.5, 0.6) is 0 Å². The van der Waals surface area contributed by atoms with Crippen LogP contribution in [0, 0.1) is 17.3 Å². The fourth-order valence-corrected chi connectivity index (χ4v) is 3.85. The molecule has 2 aliphatic carbocycles. The van der Waals surface area contributed by atoms with E-state index < -0.39 is 0 Å². The monoisotopic (exact) mass is 290 g/mol. The predicted molar refractivity (Wildman–Crippen MR) is 80.7 cm³/mol. The summed E-state index contributed by atoms with van der Waals surface area (Å²) in [5.74, 6) is 0.767. The van der Waals surface area contributed by atoms with Crippen LogP contribution in [-0.4, -0.2) is 12.1 Å². The molecule has 2 saturated carbocycles. The van der Waals surface area contributed by atoms with Crippen molar-refractivity contribution in [1.29, 1.82) is 0 Å². The molecular formula is C16H19ClN2O. The highest BCUT2D eigenvalue weighted by Crippen LogP contribution is 2.66. The molecule has 0 aliphatic heterocycles. The minimum Gasteiger partial charge on any atom is -0.273 e. The predicted octanol–water partition coefficient (Wildman–Crippen LogP) is 3.62. The lowest BCUT2D eigenvalue weighted by atomic mass is 9.90. The molecule has 1 aromatic carbocycles. The number of halogens is 1. The minimum absolute atomic E-state index is 0.0581. The Morgan fingerprint density at radius 1 is 1.45 bits per heavy atom. The molecule has 3 atom stereocenters. The first-order chi connectivity index (χ1) is 9.63. The largest absolute Gasteiger partial charge is 0.273 e. The lowest BCUT2D eigenvalue weighted by molar-refractivity contribution is -0.123. The molecule has 106 valence electrons. The zero-order valence-corrected chi connectivity index (χ0v) is 12.4. The Kier molecular flexibility index (Phi) is 3.55. The van der Waals surface area contributed by atoms with Crippen LogP contribution in [0.3, 0.4) is 0 Å². The zero-order valence-electron chi connectivity index (χ0n) is 11.6. The van der Waals surface area contributed by atoms with Crippen molar-refractivity contribution in [2.45, 2.75) is 32.6 Å². The van der Waals surface area contributed by atoms with Crippen LogP contribution in [0.4, 0.5) is 0 Å². The Morgan fingerprint density at radius 3 is 2.95 bits per heavy atom. The number of amides is 1. The average molecular weight is 291 g/mol. The Balaban J connectivity index is 1.60. The van der Waals surface area contributed by atoms with Gasteiger partial charge in [-0.15, -0.1) is 0 Å². The van der Waals surface area contributed by atoms with Crippen LogP contribution in [0.25, 0.3) is 0 Å². The third-order valence-electron chi connectivity index (χ3n) is 4.90. The number of carbonyl (C=O) groups excluding carboxylic acids is 1. The highest BCUT2D eigenvalue weighted by Gasteiger charge is 2.64. The van der Waals surface area contributed by atoms with Crippen LogP contribution in [0.1, 0.15) is 38.2 Å². The van der Waals surface area contributed by atoms with E-state index in [0.717, 1.165) is 5.56 Å². The van der Waals surface area contributed by atoms with E-state index in [1.807, 2.05) is 18.2 Å². The fourth-order valence-electron chi connectivity index (χ4n) is 3.67. The first-order valence-electron chi connectivity index (χ1n) is 7.20. The first kappa shape index (κ1) is 13.6. The van der Waals surface area contributed by atoms with Gasteiger partial charge >= 0.3 is 0 Å². The number of hydrogen-bond donors (Lipinski definition) is 1. The number of nitrogens with one attached hydrogen (secondary N) is 1. The molecule has 0 saturated heterocycles. The Morgan fingerprint density at radius 2 is 2.25 bits per heavy atom. The first-order valence-corrected chi connectivity index (χ1v) is 7.58. The summed E-state index contributed by atoms with van der Waals surface area (Å²) in [6.07, 6.45) is 6.47. The highest BCUT2D eigenvalue weighted by molar-refractivity contribution is 6.33. The molecule has 1 N–H and O–H groups in total. The van der Waals surface area contributed by atoms with Gasteiger partial charge in [-0.05, 0) is 30.2 Å². The summed E-state index contributed by atoms with van der Waals surface area (Å²) in [5.41, 5.74) is 3.71. The van der Waals surface area contributed by atoms with Gasteiger partial charge < -0.3 is 0 Å². The van der Waals surface area contributed by atoms with E-state index in [1.54, 1.807) is 12.3 Å². The van der Waals surface area contributed by atoms with Gasteiger partial charge in [0.05, 0.1) is 6.21 Å². The SMILES string of the molecule is C[C@]12CCCC[C@H]1[C@@H]2C(=O)NN=Cc1ccccc1Cl. The van der Waals surface area contributed by atoms with Crippen molar-refractivity contribution in [2.24, 2.45) is 22.4 Å². The third kappa shape index (κ3) is 2.35. The summed E-state index contributed by atoms with van der Waals surface area (Å²) < 4.78 is 0. The van der Waals surface area contributed by atoms with E-state index >= 15 is 0 Å². The fraction of sp³-hybridized carbons (Fsp3) is 0.500. The lowest BCUT2D eigenvalue weighted by Crippen LogP contribution is -2.22. The van der Waals surface area contributed by atoms with Crippen molar-refractivity contribution < 1.29 is 4.79 Å². The van der Waals surface area contributed by atoms with Gasteiger partial charge in [-0.25, -0.2) is 5.43 Å². The summed E-state index contributed by atoms with van der Waals surface area (Å²) in [6.45, 7) is 2.23. The third-order valence-corrected chi connectivity index (χ3v) is 5.24. The van der Waals surface area contributed by atoms with Crippen LogP contribution >= 0.6 is 11.6 Å². The van der Waals surface area contributed by atoms with Gasteiger partial charge in [-0.1, -0.05) is 49.6 Å². The van der Waals surface area contributed by atoms with Crippen molar-refractivity contribution in [3.63, 3.8) is 0 Å². The second kappa shape index (κ2) is 5.21. The number of benzene rings is 1. The van der Waals surface area contributed by atoms with E-state index in [0.29, 0.717) is 10.9 Å². The maximum atomic E-state index is 12.2. The minimum atomic E-state index is 0.0581. The van der Waals surface area contributed by atoms with Crippen molar-refractivity contribution >= 4 is 23.7 Å². The number of hydrazone groups is 1. The molecule has 2 aliphatic rings. The summed E-state index contributed by atoms with van der Waals surface area (Å²) in [6, 6.07) is 7.44. The number of carbonyl (C=O) groups is 1. The van der Waals surface area contributed by atoms with Crippen molar-refractivity contribution in [3.05, 3.63) is 34.9 Å². The van der Waals surface area contributed by atoms with Crippen molar-refractivity contribution in [3.8, 4) is 0 Å². The number of rotatable bonds is 3. The maximum Gasteiger partial charge on any atom is 0.244 e. The molecule has 0 radical (unpaired) electrons. The van der Waals surface area contributed by atoms with Gasteiger partial charge in [-0.3, -0.25) is 4.79 Å². The second-order valence-electron chi connectivity index (χ2n) is 6.09. The van der Waals surface area contributed by atoms with E-state index in [2.05, 4.69) is 17.5 Å². The van der Waals surface area contributed by atoms with Gasteiger partial charge in [0.25, 0.3) is 0 Å². The van der Waals surface area contributed by atoms with Crippen molar-refractivity contribution in [1.82, 2.24) is 5.43 Å². The molecule has 0 bridgehead atoms. The second-order valence-corrected chi connectivity index (χ2v) is 6.50. The number of fused-ring (bicyclic) bond motifs is 1. The molecule has 0 unspecified atom stereocenters. The maximum absolute atomic E-state index is 12.2. The average Bonchev–Trinajstić information content (AvgIpc) is 3.06. The molecule has 4 heteroatoms. The van der Waals surface area contributed by atoms with Crippen molar-refractivity contribution in [2.75, 3.05) is 0 Å². The topological polar surface area (TPSA) is 41.5 Å². The Hall–Kier alpha value is -1.35. The molecule has 2 fully saturated rings. The molecule has 20 heavy (non-hydrogen) atoms. The van der Waals surface area contributed by atoms with Crippen LogP contribution in [0.15, 0.2) is 29.4 Å². The molecule has 0 spiro atoms. The Labute approximate surface area is 124 Å². The standard InChI is InChI=1S/C16H19ClN2O/c1-16-9-5-4-7-12(16)14(16)15(20)19-18-10-11-6-2-3-8-13(11)17/h2-3,6,8,10,12,14H,4-5,7,9H2,1H3,(H,19,20)/t12-,14+,16-/m0/s1. The summed E-state index contributed by atoms with van der Waals surface area (Å²) in [7, 11) is 0. The quantitative estimate of drug-likeness (QED) is 0.670. The highest BCUT2D eigenvalue weighted by atomic mass is 35.5. The molecule has 3 nitrogen and oxygen atoms in total. The van der Waals surface area contributed by atoms with Crippen LogP contribution in [-0.2, 0) is 4.79 Å². The summed E-state index contributed by atoms with van der Waals surface area (Å²) >= 11 is 6.03. The van der Waals surface area contributed by atoms with E-state index in [4.69, 9.17) is 11.6 Å². The van der Waals surface area contributed by atoms with E-state index in [1.165, 1.54) is 25.7 Å². The van der Waals surface area contributed by atoms with Gasteiger partial charge in [0.2, 0.25) is 5.91 Å². The molecule has 1 aromatic rings. The number of nitrogens with zero attached hydrogens (tertiary/aromatic N) is 1. The molecule has 1 amide bonds. The van der Waals surface area contributed by atoms with E-state index in [-0.39, 0.29) is 17.2 Å². The molecular weight excluding hydrogens is 272 g/mol. The summed E-state index contributed by atoms with van der Waals surface area (Å²) in [5, 5.41) is 4.68. The summed E-state index contributed by atoms with van der Waals surface area (Å²) in [4.78, 5) is 12.2. The molecule has 0 heterocycles. The van der Waals surface area contributed by atoms with Crippen LogP contribution in [0.2, 0.25) is 5.02 Å². The smallest absolute Gasteiger partial charge is 0.244 e. The zero-order chi connectivity index (χ0) is 14.2. The van der Waals surface area contributed by atoms with Gasteiger partial charge in [-0.2, -0.15) is 5.10 Å². The normalized spacial score (nSPS) is 31.9. The van der Waals surface area contributed by atoms with Crippen LogP contribution < -0.4 is 5.43 Å². The number of hydrogen-bond acceptors (Lipinski definition) is 2. The van der Waals surface area contributed by atoms with E-state index in [9.17, 15) is 4.79 Å². The lowest BCUT2D eigenvalue weighted by Gasteiger charge is -2.15. The van der Waals surface area contributed by atoms with Gasteiger partial charge in [0, 0.05) is 16.5 Å². The van der Waals surface area contributed by atoms with Gasteiger partial charge in [0.1, 0.15) is 0 Å². The molecule has 0 aromatic heterocycles. The Bertz CT molecular complexity index is 557. The van der Waals surface area contributed by atoms with Gasteiger partial charge in [0.15, 0.2) is 0 Å². The molecule has 3 rings (SSSR count).